The highest BCUT2D eigenvalue weighted by Crippen LogP contribution is 2.44. The Bertz CT molecular complexity index is 1000. The molecule has 1 aliphatic heterocycles. The molecule has 0 saturated carbocycles. The molecule has 29 heavy (non-hydrogen) atoms. The molecule has 2 aromatic heterocycles. The maximum Gasteiger partial charge on any atom is 0.317 e. The molecule has 0 spiro atoms. The maximum absolute atomic E-state index is 12.4. The highest BCUT2D eigenvalue weighted by molar-refractivity contribution is 7.22. The fourth-order valence-corrected chi connectivity index (χ4v) is 5.56. The molecule has 4 rings (SSSR count). The third kappa shape index (κ3) is 4.93. The molecule has 154 valence electrons. The second-order valence-corrected chi connectivity index (χ2v) is 8.63. The van der Waals surface area contributed by atoms with Crippen LogP contribution in [0.3, 0.4) is 0 Å². The standard InChI is InChI=1S/C19H20N4O3S2.ClH/c24-15(6-8-21-10-16(25)26)23-19-17(11-5-7-20-9-14(11)28-19)18-22-12-3-1-2-4-13(12)27-18;/h1-4,20-21H,5-10H2,(H,23,24)(H,25,26);1H. The van der Waals surface area contributed by atoms with E-state index in [9.17, 15) is 9.59 Å². The van der Waals surface area contributed by atoms with Crippen molar-refractivity contribution < 1.29 is 14.7 Å². The van der Waals surface area contributed by atoms with Crippen LogP contribution in [0.2, 0.25) is 0 Å². The van der Waals surface area contributed by atoms with Gasteiger partial charge < -0.3 is 21.1 Å². The molecule has 3 aromatic rings. The van der Waals surface area contributed by atoms with Crippen LogP contribution < -0.4 is 16.0 Å². The lowest BCUT2D eigenvalue weighted by atomic mass is 10.0. The van der Waals surface area contributed by atoms with E-state index in [1.54, 1.807) is 22.7 Å². The van der Waals surface area contributed by atoms with Crippen LogP contribution in [0.4, 0.5) is 5.00 Å². The summed E-state index contributed by atoms with van der Waals surface area (Å²) in [5.74, 6) is -1.07. The number of nitrogens with one attached hydrogen (secondary N) is 3. The number of carboxylic acid groups (broad SMARTS) is 1. The Kier molecular flexibility index (Phi) is 7.20. The Balaban J connectivity index is 0.00000240. The summed E-state index contributed by atoms with van der Waals surface area (Å²) in [5.41, 5.74) is 3.27. The molecule has 1 aliphatic rings. The molecule has 7 nitrogen and oxygen atoms in total. The second-order valence-electron chi connectivity index (χ2n) is 6.49. The van der Waals surface area contributed by atoms with Crippen molar-refractivity contribution in [2.75, 3.05) is 25.0 Å². The van der Waals surface area contributed by atoms with Crippen molar-refractivity contribution in [1.29, 1.82) is 0 Å². The van der Waals surface area contributed by atoms with E-state index in [1.165, 1.54) is 10.4 Å². The van der Waals surface area contributed by atoms with Gasteiger partial charge in [0.2, 0.25) is 5.91 Å². The normalized spacial score (nSPS) is 13.0. The zero-order chi connectivity index (χ0) is 19.5. The number of para-hydroxylation sites is 1. The summed E-state index contributed by atoms with van der Waals surface area (Å²) in [5, 5.41) is 19.6. The summed E-state index contributed by atoms with van der Waals surface area (Å²) < 4.78 is 1.13. The van der Waals surface area contributed by atoms with Crippen molar-refractivity contribution in [3.8, 4) is 10.6 Å². The largest absolute Gasteiger partial charge is 0.480 e. The number of carbonyl (C=O) groups is 2. The number of thiazole rings is 1. The Morgan fingerprint density at radius 2 is 2.07 bits per heavy atom. The third-order valence-corrected chi connectivity index (χ3v) is 6.70. The number of nitrogens with zero attached hydrogens (tertiary/aromatic N) is 1. The van der Waals surface area contributed by atoms with Crippen LogP contribution in [0.5, 0.6) is 0 Å². The average Bonchev–Trinajstić information content (AvgIpc) is 3.25. The first-order chi connectivity index (χ1) is 13.6. The van der Waals surface area contributed by atoms with E-state index in [4.69, 9.17) is 10.1 Å². The lowest BCUT2D eigenvalue weighted by Gasteiger charge is -2.13. The van der Waals surface area contributed by atoms with Crippen molar-refractivity contribution >= 4 is 62.2 Å². The quantitative estimate of drug-likeness (QED) is 0.411. The van der Waals surface area contributed by atoms with Crippen molar-refractivity contribution in [2.24, 2.45) is 0 Å². The molecule has 0 unspecified atom stereocenters. The highest BCUT2D eigenvalue weighted by atomic mass is 35.5. The number of fused-ring (bicyclic) bond motifs is 2. The van der Waals surface area contributed by atoms with Crippen LogP contribution in [-0.4, -0.2) is 41.6 Å². The van der Waals surface area contributed by atoms with Gasteiger partial charge in [-0.2, -0.15) is 0 Å². The van der Waals surface area contributed by atoms with Gasteiger partial charge in [-0.05, 0) is 30.7 Å². The Morgan fingerprint density at radius 1 is 1.24 bits per heavy atom. The zero-order valence-electron chi connectivity index (χ0n) is 15.5. The number of carbonyl (C=O) groups excluding carboxylic acids is 1. The Labute approximate surface area is 182 Å². The molecule has 0 radical (unpaired) electrons. The Morgan fingerprint density at radius 3 is 2.86 bits per heavy atom. The van der Waals surface area contributed by atoms with E-state index in [2.05, 4.69) is 22.0 Å². The number of aromatic nitrogens is 1. The predicted molar refractivity (Wildman–Crippen MR) is 119 cm³/mol. The number of carboxylic acids is 1. The lowest BCUT2D eigenvalue weighted by Crippen LogP contribution is -2.26. The number of thiophene rings is 1. The van der Waals surface area contributed by atoms with Gasteiger partial charge in [-0.3, -0.25) is 9.59 Å². The zero-order valence-corrected chi connectivity index (χ0v) is 17.9. The molecule has 0 aliphatic carbocycles. The first-order valence-corrected chi connectivity index (χ1v) is 10.7. The van der Waals surface area contributed by atoms with E-state index in [0.717, 1.165) is 45.3 Å². The van der Waals surface area contributed by atoms with Gasteiger partial charge in [0.25, 0.3) is 0 Å². The van der Waals surface area contributed by atoms with Gasteiger partial charge in [0.05, 0.1) is 16.8 Å². The van der Waals surface area contributed by atoms with E-state index in [0.29, 0.717) is 6.54 Å². The topological polar surface area (TPSA) is 103 Å². The molecule has 0 fully saturated rings. The number of rotatable bonds is 7. The van der Waals surface area contributed by atoms with Gasteiger partial charge in [0.1, 0.15) is 10.0 Å². The van der Waals surface area contributed by atoms with Gasteiger partial charge >= 0.3 is 5.97 Å². The number of amides is 1. The van der Waals surface area contributed by atoms with Crippen molar-refractivity contribution in [1.82, 2.24) is 15.6 Å². The van der Waals surface area contributed by atoms with Gasteiger partial charge in [-0.1, -0.05) is 12.1 Å². The predicted octanol–water partition coefficient (Wildman–Crippen LogP) is 3.10. The van der Waals surface area contributed by atoms with Gasteiger partial charge in [-0.25, -0.2) is 4.98 Å². The molecular weight excluding hydrogens is 432 g/mol. The summed E-state index contributed by atoms with van der Waals surface area (Å²) in [6, 6.07) is 8.04. The van der Waals surface area contributed by atoms with Crippen molar-refractivity contribution in [3.63, 3.8) is 0 Å². The first-order valence-electron chi connectivity index (χ1n) is 9.05. The fourth-order valence-electron chi connectivity index (χ4n) is 3.21. The highest BCUT2D eigenvalue weighted by Gasteiger charge is 2.25. The number of aliphatic carboxylic acids is 1. The molecule has 10 heteroatoms. The SMILES string of the molecule is Cl.O=C(O)CNCCC(=O)Nc1sc2c(c1-c1nc3ccccc3s1)CCNC2. The summed E-state index contributed by atoms with van der Waals surface area (Å²) in [4.78, 5) is 29.0. The number of hydrogen-bond acceptors (Lipinski definition) is 7. The smallest absolute Gasteiger partial charge is 0.317 e. The van der Waals surface area contributed by atoms with E-state index < -0.39 is 5.97 Å². The summed E-state index contributed by atoms with van der Waals surface area (Å²) >= 11 is 3.24. The number of anilines is 1. The van der Waals surface area contributed by atoms with Crippen LogP contribution in [-0.2, 0) is 22.6 Å². The van der Waals surface area contributed by atoms with Crippen LogP contribution in [0.25, 0.3) is 20.8 Å². The number of benzene rings is 1. The van der Waals surface area contributed by atoms with Gasteiger partial charge in [0.15, 0.2) is 0 Å². The minimum atomic E-state index is -0.933. The van der Waals surface area contributed by atoms with Crippen LogP contribution in [0.1, 0.15) is 16.9 Å². The molecule has 1 amide bonds. The summed E-state index contributed by atoms with van der Waals surface area (Å²) in [6.07, 6.45) is 1.13. The third-order valence-electron chi connectivity index (χ3n) is 4.49. The molecule has 3 heterocycles. The minimum absolute atomic E-state index is 0. The fraction of sp³-hybridized carbons (Fsp3) is 0.316. The average molecular weight is 453 g/mol. The monoisotopic (exact) mass is 452 g/mol. The van der Waals surface area contributed by atoms with Crippen LogP contribution in [0.15, 0.2) is 24.3 Å². The maximum atomic E-state index is 12.4. The number of hydrogen-bond donors (Lipinski definition) is 4. The second kappa shape index (κ2) is 9.64. The van der Waals surface area contributed by atoms with E-state index >= 15 is 0 Å². The molecular formula is C19H21ClN4O3S2. The molecule has 0 saturated heterocycles. The molecule has 4 N–H and O–H groups in total. The van der Waals surface area contributed by atoms with Crippen LogP contribution >= 0.6 is 35.1 Å². The van der Waals surface area contributed by atoms with E-state index in [-0.39, 0.29) is 31.3 Å². The first kappa shape index (κ1) is 21.7. The number of halogens is 1. The van der Waals surface area contributed by atoms with Crippen molar-refractivity contribution in [3.05, 3.63) is 34.7 Å². The lowest BCUT2D eigenvalue weighted by molar-refractivity contribution is -0.136. The van der Waals surface area contributed by atoms with E-state index in [1.807, 2.05) is 18.2 Å². The van der Waals surface area contributed by atoms with Crippen molar-refractivity contribution in [2.45, 2.75) is 19.4 Å². The summed E-state index contributed by atoms with van der Waals surface area (Å²) in [7, 11) is 0. The van der Waals surface area contributed by atoms with Gasteiger partial charge in [-0.15, -0.1) is 35.1 Å². The van der Waals surface area contributed by atoms with Crippen LogP contribution in [0, 0.1) is 0 Å². The van der Waals surface area contributed by atoms with Gasteiger partial charge in [0, 0.05) is 30.0 Å². The molecule has 0 atom stereocenters. The minimum Gasteiger partial charge on any atom is -0.480 e. The molecule has 1 aromatic carbocycles. The Hall–Kier alpha value is -2.04. The molecule has 0 bridgehead atoms. The summed E-state index contributed by atoms with van der Waals surface area (Å²) in [6.45, 7) is 1.88.